The first kappa shape index (κ1) is 25.4. The first-order chi connectivity index (χ1) is 18.4. The molecule has 2 aliphatic rings. The molecule has 2 fully saturated rings. The molecule has 4 aromatic heterocycles. The smallest absolute Gasteiger partial charge is 0.223 e. The second-order valence-corrected chi connectivity index (χ2v) is 10.9. The Bertz CT molecular complexity index is 1380. The van der Waals surface area contributed by atoms with E-state index in [2.05, 4.69) is 29.9 Å². The Kier molecular flexibility index (Phi) is 6.72. The lowest BCUT2D eigenvalue weighted by molar-refractivity contribution is -0.0432. The molecule has 2 aliphatic heterocycles. The van der Waals surface area contributed by atoms with Crippen LogP contribution in [0.3, 0.4) is 0 Å². The summed E-state index contributed by atoms with van der Waals surface area (Å²) in [5.74, 6) is 0.0400. The predicted molar refractivity (Wildman–Crippen MR) is 134 cm³/mol. The average molecular weight is 565 g/mol. The third-order valence-electron chi connectivity index (χ3n) is 6.40. The van der Waals surface area contributed by atoms with Crippen LogP contribution in [0.2, 0.25) is 0 Å². The average Bonchev–Trinajstić information content (AvgIpc) is 3.66. The second kappa shape index (κ2) is 10.0. The fraction of sp³-hybridized carbons (Fsp3) is 0.500. The molecule has 6 heterocycles. The summed E-state index contributed by atoms with van der Waals surface area (Å²) in [7, 11) is 2.46. The molecule has 202 valence electrons. The van der Waals surface area contributed by atoms with Gasteiger partial charge in [0, 0.05) is 12.8 Å². The van der Waals surface area contributed by atoms with E-state index in [1.807, 2.05) is 0 Å². The van der Waals surface area contributed by atoms with E-state index in [0.29, 0.717) is 32.4 Å². The van der Waals surface area contributed by atoms with Crippen LogP contribution in [0.4, 0.5) is 11.9 Å². The van der Waals surface area contributed by atoms with Gasteiger partial charge in [-0.25, -0.2) is 19.9 Å². The summed E-state index contributed by atoms with van der Waals surface area (Å²) in [5, 5.41) is 40.0. The summed E-state index contributed by atoms with van der Waals surface area (Å²) < 4.78 is 14.8. The molecule has 38 heavy (non-hydrogen) atoms. The molecule has 0 radical (unpaired) electrons. The summed E-state index contributed by atoms with van der Waals surface area (Å²) >= 11 is 0. The SMILES string of the molecule is Nc1nc(SSc2nc(N)nc3c2ncn3[C@@H]2C[C@@H](O)[C@H](CO)O2)c2ncn([C@@H]3C[C@@H](O)[C@H](CO)O3)c2n1. The zero-order valence-electron chi connectivity index (χ0n) is 19.6. The van der Waals surface area contributed by atoms with E-state index in [1.54, 1.807) is 9.13 Å². The largest absolute Gasteiger partial charge is 0.394 e. The van der Waals surface area contributed by atoms with Crippen molar-refractivity contribution in [3.63, 3.8) is 0 Å². The van der Waals surface area contributed by atoms with Gasteiger partial charge in [-0.15, -0.1) is 0 Å². The minimum absolute atomic E-state index is 0.0200. The Morgan fingerprint density at radius 1 is 0.763 bits per heavy atom. The van der Waals surface area contributed by atoms with Crippen molar-refractivity contribution in [2.45, 2.75) is 59.8 Å². The number of hydrogen-bond donors (Lipinski definition) is 6. The van der Waals surface area contributed by atoms with Gasteiger partial charge in [0.15, 0.2) is 11.3 Å². The Balaban J connectivity index is 1.28. The van der Waals surface area contributed by atoms with Crippen molar-refractivity contribution in [2.24, 2.45) is 0 Å². The highest BCUT2D eigenvalue weighted by Crippen LogP contribution is 2.42. The van der Waals surface area contributed by atoms with Gasteiger partial charge in [0.05, 0.1) is 38.1 Å². The Hall–Kier alpha value is -2.84. The second-order valence-electron chi connectivity index (χ2n) is 8.82. The number of aliphatic hydroxyl groups excluding tert-OH is 4. The van der Waals surface area contributed by atoms with E-state index in [4.69, 9.17) is 20.9 Å². The van der Waals surface area contributed by atoms with Crippen LogP contribution in [0.25, 0.3) is 22.3 Å². The first-order valence-electron chi connectivity index (χ1n) is 11.6. The number of rotatable bonds is 7. The molecule has 0 unspecified atom stereocenters. The highest BCUT2D eigenvalue weighted by Gasteiger charge is 2.37. The molecule has 0 aromatic carbocycles. The predicted octanol–water partition coefficient (Wildman–Crippen LogP) is -0.789. The lowest BCUT2D eigenvalue weighted by Gasteiger charge is -2.14. The number of nitrogens with zero attached hydrogens (tertiary/aromatic N) is 8. The number of nitrogens with two attached hydrogens (primary N) is 2. The highest BCUT2D eigenvalue weighted by atomic mass is 33.1. The lowest BCUT2D eigenvalue weighted by atomic mass is 10.2. The Morgan fingerprint density at radius 2 is 1.18 bits per heavy atom. The first-order valence-corrected chi connectivity index (χ1v) is 13.7. The third kappa shape index (κ3) is 4.41. The molecular formula is C20H24N10O6S2. The zero-order valence-corrected chi connectivity index (χ0v) is 21.2. The fourth-order valence-electron chi connectivity index (χ4n) is 4.53. The van der Waals surface area contributed by atoms with Crippen LogP contribution in [0.5, 0.6) is 0 Å². The van der Waals surface area contributed by atoms with Crippen LogP contribution in [-0.2, 0) is 9.47 Å². The van der Waals surface area contributed by atoms with Crippen LogP contribution < -0.4 is 11.5 Å². The lowest BCUT2D eigenvalue weighted by Crippen LogP contribution is -2.24. The van der Waals surface area contributed by atoms with Gasteiger partial charge in [0.1, 0.15) is 45.7 Å². The van der Waals surface area contributed by atoms with E-state index in [1.165, 1.54) is 34.2 Å². The maximum absolute atomic E-state index is 10.1. The number of nitrogen functional groups attached to an aromatic ring is 2. The third-order valence-corrected chi connectivity index (χ3v) is 8.57. The van der Waals surface area contributed by atoms with Crippen molar-refractivity contribution in [3.8, 4) is 0 Å². The van der Waals surface area contributed by atoms with Crippen LogP contribution in [-0.4, -0.2) is 97.1 Å². The molecule has 18 heteroatoms. The van der Waals surface area contributed by atoms with Gasteiger partial charge < -0.3 is 41.4 Å². The maximum Gasteiger partial charge on any atom is 0.223 e. The van der Waals surface area contributed by atoms with Crippen LogP contribution in [0, 0.1) is 0 Å². The van der Waals surface area contributed by atoms with Gasteiger partial charge in [0.25, 0.3) is 0 Å². The Labute approximate surface area is 221 Å². The van der Waals surface area contributed by atoms with Crippen molar-refractivity contribution in [1.29, 1.82) is 0 Å². The molecule has 0 amide bonds. The molecule has 0 spiro atoms. The van der Waals surface area contributed by atoms with Gasteiger partial charge in [-0.2, -0.15) is 9.97 Å². The van der Waals surface area contributed by atoms with Crippen LogP contribution in [0.1, 0.15) is 25.3 Å². The standard InChI is InChI=1S/C20H24N10O6S2/c21-19-25-15-13(23-5-29(15)11-1-7(33)9(3-31)35-11)17(27-19)37-38-18-14-16(26-20(22)28-18)30(6-24-14)12-2-8(34)10(4-32)36-12/h5-12,31-34H,1-4H2,(H2,21,25,27)(H2,22,26,28)/t7-,8-,9+,10+,11+,12+/m1/s1. The van der Waals surface area contributed by atoms with Gasteiger partial charge in [-0.1, -0.05) is 0 Å². The molecular weight excluding hydrogens is 540 g/mol. The highest BCUT2D eigenvalue weighted by molar-refractivity contribution is 8.76. The van der Waals surface area contributed by atoms with Crippen molar-refractivity contribution in [2.75, 3.05) is 24.7 Å². The van der Waals surface area contributed by atoms with Crippen molar-refractivity contribution in [1.82, 2.24) is 39.0 Å². The minimum atomic E-state index is -0.816. The van der Waals surface area contributed by atoms with Gasteiger partial charge in [0.2, 0.25) is 11.9 Å². The quantitative estimate of drug-likeness (QED) is 0.119. The molecule has 0 saturated carbocycles. The molecule has 16 nitrogen and oxygen atoms in total. The van der Waals surface area contributed by atoms with Gasteiger partial charge >= 0.3 is 0 Å². The van der Waals surface area contributed by atoms with E-state index in [0.717, 1.165) is 0 Å². The fourth-order valence-corrected chi connectivity index (χ4v) is 6.57. The van der Waals surface area contributed by atoms with Gasteiger partial charge in [-0.05, 0) is 21.6 Å². The normalized spacial score (nSPS) is 27.7. The van der Waals surface area contributed by atoms with Crippen molar-refractivity contribution < 1.29 is 29.9 Å². The van der Waals surface area contributed by atoms with E-state index in [-0.39, 0.29) is 38.0 Å². The summed E-state index contributed by atoms with van der Waals surface area (Å²) in [6, 6.07) is 0. The molecule has 6 rings (SSSR count). The molecule has 0 aliphatic carbocycles. The number of aliphatic hydroxyl groups is 4. The van der Waals surface area contributed by atoms with Crippen molar-refractivity contribution >= 4 is 55.8 Å². The van der Waals surface area contributed by atoms with Crippen LogP contribution in [0.15, 0.2) is 22.7 Å². The van der Waals surface area contributed by atoms with E-state index < -0.39 is 36.9 Å². The molecule has 4 aromatic rings. The minimum Gasteiger partial charge on any atom is -0.394 e. The number of hydrogen-bond acceptors (Lipinski definition) is 16. The number of imidazole rings is 2. The molecule has 0 bridgehead atoms. The number of anilines is 2. The number of fused-ring (bicyclic) bond motifs is 2. The van der Waals surface area contributed by atoms with Crippen LogP contribution >= 0.6 is 21.6 Å². The van der Waals surface area contributed by atoms with Gasteiger partial charge in [-0.3, -0.25) is 9.13 Å². The van der Waals surface area contributed by atoms with E-state index in [9.17, 15) is 20.4 Å². The monoisotopic (exact) mass is 564 g/mol. The van der Waals surface area contributed by atoms with E-state index >= 15 is 0 Å². The Morgan fingerprint density at radius 3 is 1.55 bits per heavy atom. The van der Waals surface area contributed by atoms with Crippen molar-refractivity contribution in [3.05, 3.63) is 12.7 Å². The molecule has 6 atom stereocenters. The number of ether oxygens (including phenoxy) is 2. The topological polar surface area (TPSA) is 239 Å². The maximum atomic E-state index is 10.1. The summed E-state index contributed by atoms with van der Waals surface area (Å²) in [6.07, 6.45) is -0.575. The summed E-state index contributed by atoms with van der Waals surface area (Å²) in [6.45, 7) is -0.609. The number of aromatic nitrogens is 8. The molecule has 2 saturated heterocycles. The zero-order chi connectivity index (χ0) is 26.6. The molecule has 8 N–H and O–H groups in total. The summed E-state index contributed by atoms with van der Waals surface area (Å²) in [5.41, 5.74) is 13.8. The summed E-state index contributed by atoms with van der Waals surface area (Å²) in [4.78, 5) is 26.2.